The molecule has 0 bridgehead atoms. The van der Waals surface area contributed by atoms with Crippen molar-refractivity contribution in [1.29, 1.82) is 0 Å². The maximum atomic E-state index is 12.8. The molecule has 0 radical (unpaired) electrons. The molecule has 1 aliphatic heterocycles. The molecule has 0 spiro atoms. The Morgan fingerprint density at radius 2 is 1.97 bits per heavy atom. The minimum absolute atomic E-state index is 0.0592. The average Bonchev–Trinajstić information content (AvgIpc) is 3.06. The van der Waals surface area contributed by atoms with Crippen molar-refractivity contribution < 1.29 is 19.1 Å². The Morgan fingerprint density at radius 1 is 1.17 bits per heavy atom. The van der Waals surface area contributed by atoms with Gasteiger partial charge in [0.05, 0.1) is 17.6 Å². The zero-order valence-electron chi connectivity index (χ0n) is 16.3. The Kier molecular flexibility index (Phi) is 5.36. The number of nitrogens with zero attached hydrogens (tertiary/aromatic N) is 1. The highest BCUT2D eigenvalue weighted by atomic mass is 16.5. The third-order valence-corrected chi connectivity index (χ3v) is 5.41. The van der Waals surface area contributed by atoms with E-state index in [4.69, 9.17) is 9.15 Å². The van der Waals surface area contributed by atoms with Gasteiger partial charge in [-0.25, -0.2) is 0 Å². The molecule has 1 fully saturated rings. The van der Waals surface area contributed by atoms with E-state index in [2.05, 4.69) is 0 Å². The molecule has 150 valence electrons. The fraction of sp³-hybridized carbons (Fsp3) is 0.304. The molecule has 0 aliphatic carbocycles. The van der Waals surface area contributed by atoms with Crippen molar-refractivity contribution in [2.24, 2.45) is 5.92 Å². The third kappa shape index (κ3) is 4.03. The van der Waals surface area contributed by atoms with Gasteiger partial charge in [0.25, 0.3) is 0 Å². The normalized spacial score (nSPS) is 16.7. The molecule has 0 unspecified atom stereocenters. The number of hydrogen-bond donors (Lipinski definition) is 1. The molecular weight excluding hydrogens is 370 g/mol. The van der Waals surface area contributed by atoms with E-state index < -0.39 is 0 Å². The summed E-state index contributed by atoms with van der Waals surface area (Å²) < 4.78 is 10.6. The largest absolute Gasteiger partial charge is 0.508 e. The Balaban J connectivity index is 1.49. The van der Waals surface area contributed by atoms with Gasteiger partial charge in [0.1, 0.15) is 17.6 Å². The molecule has 6 nitrogen and oxygen atoms in total. The second kappa shape index (κ2) is 8.09. The van der Waals surface area contributed by atoms with E-state index in [-0.39, 0.29) is 17.1 Å². The second-order valence-corrected chi connectivity index (χ2v) is 7.46. The summed E-state index contributed by atoms with van der Waals surface area (Å²) in [6.07, 6.45) is 2.82. The van der Waals surface area contributed by atoms with Gasteiger partial charge < -0.3 is 19.2 Å². The molecule has 1 aliphatic rings. The standard InChI is InChI=1S/C23H23NO5/c1-28-9-8-24-13-16(11-22(24)26)10-15-2-4-17(5-3-15)20-14-29-21-12-18(25)6-7-19(21)23(20)27/h2-7,12,14,16,25H,8-11,13H2,1H3/t16-/m0/s1. The smallest absolute Gasteiger partial charge is 0.223 e. The molecule has 29 heavy (non-hydrogen) atoms. The lowest BCUT2D eigenvalue weighted by molar-refractivity contribution is -0.128. The van der Waals surface area contributed by atoms with Crippen LogP contribution < -0.4 is 5.43 Å². The van der Waals surface area contributed by atoms with Crippen molar-refractivity contribution in [3.8, 4) is 16.9 Å². The first-order chi connectivity index (χ1) is 14.0. The Bertz CT molecular complexity index is 1090. The molecule has 4 rings (SSSR count). The third-order valence-electron chi connectivity index (χ3n) is 5.41. The molecule has 1 N–H and O–H groups in total. The maximum absolute atomic E-state index is 12.8. The monoisotopic (exact) mass is 393 g/mol. The van der Waals surface area contributed by atoms with Crippen LogP contribution in [0.25, 0.3) is 22.1 Å². The number of aromatic hydroxyl groups is 1. The van der Waals surface area contributed by atoms with Crippen LogP contribution in [0, 0.1) is 5.92 Å². The van der Waals surface area contributed by atoms with Crippen LogP contribution in [-0.2, 0) is 16.0 Å². The first kappa shape index (κ1) is 19.2. The van der Waals surface area contributed by atoms with E-state index in [1.165, 1.54) is 18.4 Å². The van der Waals surface area contributed by atoms with Gasteiger partial charge in [-0.2, -0.15) is 0 Å². The lowest BCUT2D eigenvalue weighted by Gasteiger charge is -2.16. The first-order valence-corrected chi connectivity index (χ1v) is 9.65. The van der Waals surface area contributed by atoms with Crippen LogP contribution in [0.4, 0.5) is 0 Å². The number of carbonyl (C=O) groups is 1. The lowest BCUT2D eigenvalue weighted by Crippen LogP contribution is -2.28. The van der Waals surface area contributed by atoms with E-state index in [1.54, 1.807) is 13.2 Å². The summed E-state index contributed by atoms with van der Waals surface area (Å²) in [6.45, 7) is 1.95. The zero-order chi connectivity index (χ0) is 20.4. The fourth-order valence-corrected chi connectivity index (χ4v) is 3.88. The van der Waals surface area contributed by atoms with Crippen LogP contribution in [0.3, 0.4) is 0 Å². The van der Waals surface area contributed by atoms with Crippen molar-refractivity contribution in [1.82, 2.24) is 4.90 Å². The van der Waals surface area contributed by atoms with Gasteiger partial charge in [-0.05, 0) is 35.6 Å². The predicted molar refractivity (Wildman–Crippen MR) is 110 cm³/mol. The summed E-state index contributed by atoms with van der Waals surface area (Å²) in [6, 6.07) is 12.3. The second-order valence-electron chi connectivity index (χ2n) is 7.46. The van der Waals surface area contributed by atoms with Gasteiger partial charge in [0.15, 0.2) is 5.43 Å². The number of ether oxygens (including phenoxy) is 1. The zero-order valence-corrected chi connectivity index (χ0v) is 16.3. The van der Waals surface area contributed by atoms with Crippen molar-refractivity contribution in [2.45, 2.75) is 12.8 Å². The summed E-state index contributed by atoms with van der Waals surface area (Å²) in [5.74, 6) is 0.538. The molecule has 0 saturated carbocycles. The number of likely N-dealkylation sites (tertiary alicyclic amines) is 1. The lowest BCUT2D eigenvalue weighted by atomic mass is 9.96. The van der Waals surface area contributed by atoms with Crippen LogP contribution in [0.2, 0.25) is 0 Å². The minimum atomic E-state index is -0.130. The number of amides is 1. The predicted octanol–water partition coefficient (Wildman–Crippen LogP) is 3.20. The number of benzene rings is 2. The van der Waals surface area contributed by atoms with Crippen LogP contribution >= 0.6 is 0 Å². The number of phenolic OH excluding ortho intramolecular Hbond substituents is 1. The molecule has 1 aromatic heterocycles. The van der Waals surface area contributed by atoms with Gasteiger partial charge in [-0.1, -0.05) is 24.3 Å². The van der Waals surface area contributed by atoms with Crippen molar-refractivity contribution >= 4 is 16.9 Å². The van der Waals surface area contributed by atoms with E-state index in [0.29, 0.717) is 42.0 Å². The highest BCUT2D eigenvalue weighted by Crippen LogP contribution is 2.25. The molecule has 2 aromatic carbocycles. The summed E-state index contributed by atoms with van der Waals surface area (Å²) in [5.41, 5.74) is 2.63. The van der Waals surface area contributed by atoms with Gasteiger partial charge in [0.2, 0.25) is 5.91 Å². The van der Waals surface area contributed by atoms with Gasteiger partial charge in [-0.3, -0.25) is 9.59 Å². The van der Waals surface area contributed by atoms with Crippen LogP contribution in [0.1, 0.15) is 12.0 Å². The van der Waals surface area contributed by atoms with Crippen molar-refractivity contribution in [3.05, 3.63) is 64.5 Å². The Morgan fingerprint density at radius 3 is 2.72 bits per heavy atom. The summed E-state index contributed by atoms with van der Waals surface area (Å²) in [7, 11) is 1.64. The van der Waals surface area contributed by atoms with Gasteiger partial charge >= 0.3 is 0 Å². The topological polar surface area (TPSA) is 80.0 Å². The molecular formula is C23H23NO5. The summed E-state index contributed by atoms with van der Waals surface area (Å²) in [5, 5.41) is 9.97. The number of rotatable bonds is 6. The molecule has 1 atom stereocenters. The highest BCUT2D eigenvalue weighted by Gasteiger charge is 2.29. The number of phenols is 1. The van der Waals surface area contributed by atoms with Crippen LogP contribution in [-0.4, -0.2) is 42.7 Å². The van der Waals surface area contributed by atoms with E-state index in [9.17, 15) is 14.7 Å². The number of hydrogen-bond acceptors (Lipinski definition) is 5. The minimum Gasteiger partial charge on any atom is -0.508 e. The number of fused-ring (bicyclic) bond motifs is 1. The average molecular weight is 393 g/mol. The van der Waals surface area contributed by atoms with Crippen molar-refractivity contribution in [3.63, 3.8) is 0 Å². The first-order valence-electron chi connectivity index (χ1n) is 9.65. The molecule has 1 amide bonds. The molecule has 2 heterocycles. The molecule has 6 heteroatoms. The number of methoxy groups -OCH3 is 1. The summed E-state index contributed by atoms with van der Waals surface area (Å²) >= 11 is 0. The fourth-order valence-electron chi connectivity index (χ4n) is 3.88. The van der Waals surface area contributed by atoms with Gasteiger partial charge in [0, 0.05) is 32.7 Å². The SMILES string of the molecule is COCCN1C[C@@H](Cc2ccc(-c3coc4cc(O)ccc4c3=O)cc2)CC1=O. The van der Waals surface area contributed by atoms with E-state index in [1.807, 2.05) is 29.2 Å². The number of carbonyl (C=O) groups excluding carboxylic acids is 1. The van der Waals surface area contributed by atoms with E-state index in [0.717, 1.165) is 24.1 Å². The molecule has 3 aromatic rings. The molecule has 1 saturated heterocycles. The van der Waals surface area contributed by atoms with Gasteiger partial charge in [-0.15, -0.1) is 0 Å². The van der Waals surface area contributed by atoms with Crippen molar-refractivity contribution in [2.75, 3.05) is 26.8 Å². The van der Waals surface area contributed by atoms with Crippen LogP contribution in [0.5, 0.6) is 5.75 Å². The maximum Gasteiger partial charge on any atom is 0.223 e. The Hall–Kier alpha value is -3.12. The van der Waals surface area contributed by atoms with E-state index >= 15 is 0 Å². The summed E-state index contributed by atoms with van der Waals surface area (Å²) in [4.78, 5) is 26.7. The quantitative estimate of drug-likeness (QED) is 0.696. The Labute approximate surface area is 168 Å². The van der Waals surface area contributed by atoms with Crippen LogP contribution in [0.15, 0.2) is 57.9 Å². The highest BCUT2D eigenvalue weighted by molar-refractivity contribution is 5.82.